The molecule has 1 aromatic rings. The van der Waals surface area contributed by atoms with Crippen LogP contribution in [0.25, 0.3) is 0 Å². The van der Waals surface area contributed by atoms with Crippen LogP contribution in [-0.4, -0.2) is 13.2 Å². The van der Waals surface area contributed by atoms with Crippen LogP contribution in [0.1, 0.15) is 20.8 Å². The molecule has 0 spiro atoms. The molecule has 0 saturated heterocycles. The summed E-state index contributed by atoms with van der Waals surface area (Å²) in [4.78, 5) is 9.89. The second-order valence-electron chi connectivity index (χ2n) is 5.85. The Morgan fingerprint density at radius 1 is 1.37 bits per heavy atom. The van der Waals surface area contributed by atoms with Crippen molar-refractivity contribution in [1.82, 2.24) is 0 Å². The number of hydrogen-bond acceptors (Lipinski definition) is 3. The first-order chi connectivity index (χ1) is 8.45. The first-order valence-corrected chi connectivity index (χ1v) is 9.48. The maximum absolute atomic E-state index is 13.6. The van der Waals surface area contributed by atoms with E-state index in [2.05, 4.69) is 36.7 Å². The monoisotopic (exact) mass is 349 g/mol. The number of halogens is 2. The van der Waals surface area contributed by atoms with Crippen LogP contribution in [0.2, 0.25) is 18.1 Å². The lowest BCUT2D eigenvalue weighted by Crippen LogP contribution is -2.44. The summed E-state index contributed by atoms with van der Waals surface area (Å²) < 4.78 is 20.0. The Labute approximate surface area is 121 Å². The molecule has 4 nitrogen and oxygen atoms in total. The van der Waals surface area contributed by atoms with Crippen molar-refractivity contribution >= 4 is 29.9 Å². The third-order valence-electron chi connectivity index (χ3n) is 3.37. The molecule has 0 atom stereocenters. The quantitative estimate of drug-likeness (QED) is 0.443. The van der Waals surface area contributed by atoms with E-state index >= 15 is 0 Å². The number of benzene rings is 1. The highest BCUT2D eigenvalue weighted by Gasteiger charge is 2.39. The van der Waals surface area contributed by atoms with Gasteiger partial charge in [-0.3, -0.25) is 10.1 Å². The third kappa shape index (κ3) is 3.53. The van der Waals surface area contributed by atoms with Gasteiger partial charge >= 0.3 is 5.69 Å². The predicted octanol–water partition coefficient (Wildman–Crippen LogP) is 4.88. The van der Waals surface area contributed by atoms with Crippen LogP contribution in [0.5, 0.6) is 5.75 Å². The van der Waals surface area contributed by atoms with Gasteiger partial charge in [-0.05, 0) is 34.1 Å². The van der Waals surface area contributed by atoms with Gasteiger partial charge in [-0.1, -0.05) is 20.8 Å². The molecule has 1 rings (SSSR count). The van der Waals surface area contributed by atoms with Crippen LogP contribution in [0.3, 0.4) is 0 Å². The van der Waals surface area contributed by atoms with Crippen molar-refractivity contribution < 1.29 is 13.7 Å². The molecule has 0 heterocycles. The SMILES string of the molecule is CC(C)(C)[Si](C)(C)Oc1cc(F)c([N+](=O)[O-])cc1Br. The van der Waals surface area contributed by atoms with Crippen molar-refractivity contribution in [1.29, 1.82) is 0 Å². The summed E-state index contributed by atoms with van der Waals surface area (Å²) in [6.45, 7) is 10.2. The lowest BCUT2D eigenvalue weighted by atomic mass is 10.2. The smallest absolute Gasteiger partial charge is 0.306 e. The van der Waals surface area contributed by atoms with E-state index < -0.39 is 24.7 Å². The van der Waals surface area contributed by atoms with E-state index in [1.165, 1.54) is 0 Å². The molecule has 106 valence electrons. The molecular weight excluding hydrogens is 333 g/mol. The van der Waals surface area contributed by atoms with E-state index in [1.54, 1.807) is 0 Å². The number of rotatable bonds is 3. The summed E-state index contributed by atoms with van der Waals surface area (Å²) in [5.74, 6) is -0.573. The topological polar surface area (TPSA) is 52.4 Å². The normalized spacial score (nSPS) is 12.4. The highest BCUT2D eigenvalue weighted by molar-refractivity contribution is 9.10. The van der Waals surface area contributed by atoms with Gasteiger partial charge in [0.1, 0.15) is 5.75 Å². The maximum Gasteiger partial charge on any atom is 0.306 e. The van der Waals surface area contributed by atoms with Gasteiger partial charge in [0.2, 0.25) is 5.82 Å². The highest BCUT2D eigenvalue weighted by Crippen LogP contribution is 2.40. The maximum atomic E-state index is 13.6. The van der Waals surface area contributed by atoms with E-state index in [-0.39, 0.29) is 5.04 Å². The van der Waals surface area contributed by atoms with Crippen molar-refractivity contribution in [2.24, 2.45) is 0 Å². The van der Waals surface area contributed by atoms with Crippen molar-refractivity contribution in [3.05, 3.63) is 32.5 Å². The van der Waals surface area contributed by atoms with Crippen molar-refractivity contribution in [2.45, 2.75) is 38.9 Å². The molecule has 0 amide bonds. The van der Waals surface area contributed by atoms with Crippen LogP contribution in [-0.2, 0) is 0 Å². The molecule has 0 bridgehead atoms. The predicted molar refractivity (Wildman–Crippen MR) is 78.6 cm³/mol. The highest BCUT2D eigenvalue weighted by atomic mass is 79.9. The standard InChI is InChI=1S/C12H17BrFNO3Si/c1-12(2,3)19(4,5)18-11-7-9(14)10(15(16)17)6-8(11)13/h6-7H,1-5H3. The first kappa shape index (κ1) is 16.1. The van der Waals surface area contributed by atoms with Crippen LogP contribution < -0.4 is 4.43 Å². The second-order valence-corrected chi connectivity index (χ2v) is 11.4. The van der Waals surface area contributed by atoms with Crippen molar-refractivity contribution in [3.8, 4) is 5.75 Å². The molecule has 1 aromatic carbocycles. The largest absolute Gasteiger partial charge is 0.543 e. The average molecular weight is 350 g/mol. The second kappa shape index (κ2) is 5.20. The zero-order valence-corrected chi connectivity index (χ0v) is 14.2. The Hall–Kier alpha value is -0.953. The van der Waals surface area contributed by atoms with E-state index in [9.17, 15) is 14.5 Å². The fourth-order valence-corrected chi connectivity index (χ4v) is 2.75. The average Bonchev–Trinajstić information content (AvgIpc) is 2.20. The fraction of sp³-hybridized carbons (Fsp3) is 0.500. The molecule has 0 aliphatic heterocycles. The number of nitro benzene ring substituents is 1. The van der Waals surface area contributed by atoms with Gasteiger partial charge in [-0.25, -0.2) is 0 Å². The molecule has 0 aliphatic carbocycles. The Bertz CT molecular complexity index is 514. The Balaban J connectivity index is 3.18. The molecular formula is C12H17BrFNO3Si. The molecule has 0 radical (unpaired) electrons. The summed E-state index contributed by atoms with van der Waals surface area (Å²) in [6, 6.07) is 2.21. The summed E-state index contributed by atoms with van der Waals surface area (Å²) in [5.41, 5.74) is -0.561. The molecule has 7 heteroatoms. The molecule has 0 unspecified atom stereocenters. The molecule has 19 heavy (non-hydrogen) atoms. The van der Waals surface area contributed by atoms with Gasteiger partial charge in [0.15, 0.2) is 0 Å². The Kier molecular flexibility index (Phi) is 4.41. The van der Waals surface area contributed by atoms with Gasteiger partial charge < -0.3 is 4.43 Å². The molecule has 0 aromatic heterocycles. The minimum atomic E-state index is -2.11. The minimum Gasteiger partial charge on any atom is -0.543 e. The lowest BCUT2D eigenvalue weighted by Gasteiger charge is -2.36. The van der Waals surface area contributed by atoms with Gasteiger partial charge in [-0.15, -0.1) is 0 Å². The van der Waals surface area contributed by atoms with Gasteiger partial charge in [0.25, 0.3) is 8.32 Å². The first-order valence-electron chi connectivity index (χ1n) is 5.78. The van der Waals surface area contributed by atoms with Gasteiger partial charge in [-0.2, -0.15) is 4.39 Å². The number of nitro groups is 1. The van der Waals surface area contributed by atoms with Crippen LogP contribution in [0.15, 0.2) is 16.6 Å². The van der Waals surface area contributed by atoms with Crippen LogP contribution in [0, 0.1) is 15.9 Å². The molecule has 0 fully saturated rings. The Morgan fingerprint density at radius 3 is 2.32 bits per heavy atom. The van der Waals surface area contributed by atoms with E-state index in [0.29, 0.717) is 10.2 Å². The van der Waals surface area contributed by atoms with E-state index in [4.69, 9.17) is 4.43 Å². The molecule has 0 aliphatic rings. The lowest BCUT2D eigenvalue weighted by molar-refractivity contribution is -0.387. The number of nitrogens with zero attached hydrogens (tertiary/aromatic N) is 1. The number of hydrogen-bond donors (Lipinski definition) is 0. The summed E-state index contributed by atoms with van der Waals surface area (Å²) in [6.07, 6.45) is 0. The summed E-state index contributed by atoms with van der Waals surface area (Å²) in [5, 5.41) is 10.6. The van der Waals surface area contributed by atoms with Crippen LogP contribution >= 0.6 is 15.9 Å². The summed E-state index contributed by atoms with van der Waals surface area (Å²) >= 11 is 3.20. The fourth-order valence-electron chi connectivity index (χ4n) is 1.16. The minimum absolute atomic E-state index is 0.0370. The van der Waals surface area contributed by atoms with Crippen molar-refractivity contribution in [3.63, 3.8) is 0 Å². The van der Waals surface area contributed by atoms with Gasteiger partial charge in [0.05, 0.1) is 9.40 Å². The van der Waals surface area contributed by atoms with Crippen LogP contribution in [0.4, 0.5) is 10.1 Å². The summed E-state index contributed by atoms with van der Waals surface area (Å²) in [7, 11) is -2.11. The van der Waals surface area contributed by atoms with E-state index in [0.717, 1.165) is 12.1 Å². The third-order valence-corrected chi connectivity index (χ3v) is 8.33. The zero-order chi connectivity index (χ0) is 15.0. The van der Waals surface area contributed by atoms with Crippen molar-refractivity contribution in [2.75, 3.05) is 0 Å². The molecule has 0 saturated carbocycles. The molecule has 0 N–H and O–H groups in total. The van der Waals surface area contributed by atoms with E-state index in [1.807, 2.05) is 13.1 Å². The zero-order valence-electron chi connectivity index (χ0n) is 11.6. The van der Waals surface area contributed by atoms with Gasteiger partial charge in [0, 0.05) is 12.1 Å². The Morgan fingerprint density at radius 2 is 1.89 bits per heavy atom.